The number of esters is 1. The molecular formula is C37H45FN2O6Si. The number of carbonyl (C=O) groups excluding carboxylic acids is 1. The van der Waals surface area contributed by atoms with Gasteiger partial charge in [0.2, 0.25) is 8.32 Å². The Hall–Kier alpha value is -4.02. The third kappa shape index (κ3) is 6.85. The Morgan fingerprint density at radius 1 is 1.00 bits per heavy atom. The zero-order valence-electron chi connectivity index (χ0n) is 28.3. The second kappa shape index (κ2) is 14.4. The second-order valence-electron chi connectivity index (χ2n) is 13.1. The fourth-order valence-corrected chi connectivity index (χ4v) is 12.6. The minimum atomic E-state index is -2.26. The van der Waals surface area contributed by atoms with Gasteiger partial charge in [0.15, 0.2) is 17.1 Å². The maximum absolute atomic E-state index is 14.4. The van der Waals surface area contributed by atoms with E-state index in [1.54, 1.807) is 29.8 Å². The van der Waals surface area contributed by atoms with Gasteiger partial charge < -0.3 is 18.6 Å². The third-order valence-electron chi connectivity index (χ3n) is 9.16. The molecule has 0 N–H and O–H groups in total. The molecule has 250 valence electrons. The van der Waals surface area contributed by atoms with Crippen LogP contribution in [0.25, 0.3) is 11.0 Å². The molecule has 8 nitrogen and oxygen atoms in total. The summed E-state index contributed by atoms with van der Waals surface area (Å²) in [4.78, 5) is 32.5. The first-order chi connectivity index (χ1) is 22.5. The molecule has 0 bridgehead atoms. The van der Waals surface area contributed by atoms with Crippen LogP contribution >= 0.6 is 0 Å². The highest BCUT2D eigenvalue weighted by atomic mass is 28.4. The molecular weight excluding hydrogens is 615 g/mol. The van der Waals surface area contributed by atoms with Gasteiger partial charge in [0.1, 0.15) is 29.6 Å². The van der Waals surface area contributed by atoms with Gasteiger partial charge >= 0.3 is 5.97 Å². The van der Waals surface area contributed by atoms with Gasteiger partial charge in [0.25, 0.3) is 5.56 Å². The van der Waals surface area contributed by atoms with Crippen LogP contribution < -0.4 is 15.0 Å². The zero-order chi connectivity index (χ0) is 33.9. The van der Waals surface area contributed by atoms with Gasteiger partial charge in [-0.1, -0.05) is 84.0 Å². The van der Waals surface area contributed by atoms with Crippen molar-refractivity contribution in [1.29, 1.82) is 0 Å². The fourth-order valence-electron chi connectivity index (χ4n) is 7.13. The van der Waals surface area contributed by atoms with Gasteiger partial charge in [-0.2, -0.15) is 0 Å². The summed E-state index contributed by atoms with van der Waals surface area (Å²) in [6, 6.07) is 15.8. The molecule has 0 saturated heterocycles. The molecule has 0 aliphatic carbocycles. The number of halogens is 1. The van der Waals surface area contributed by atoms with Crippen LogP contribution in [0.15, 0.2) is 65.6 Å². The predicted molar refractivity (Wildman–Crippen MR) is 183 cm³/mol. The molecule has 10 heteroatoms. The molecule has 2 aromatic heterocycles. The quantitative estimate of drug-likeness (QED) is 0.107. The molecule has 4 aromatic rings. The van der Waals surface area contributed by atoms with Crippen LogP contribution in [0, 0.1) is 5.82 Å². The van der Waals surface area contributed by atoms with Crippen molar-refractivity contribution >= 4 is 25.3 Å². The van der Waals surface area contributed by atoms with Crippen LogP contribution in [-0.2, 0) is 28.7 Å². The molecule has 1 aliphatic rings. The van der Waals surface area contributed by atoms with Gasteiger partial charge in [0.05, 0.1) is 19.8 Å². The third-order valence-corrected chi connectivity index (χ3v) is 15.2. The standard InChI is InChI=1S/C37H45FN2O6Si/c1-8-43-37(42)31-35(44-21-27-12-10-9-11-13-27)32-33-34(28(19-39-32)18-26-14-16-29(38)17-15-26)46-30(20-40(33)36(31)41)22-45-47(23(2)3,24(4)5)25(6)7/h9-17,19,23-25,30H,8,18,20-22H2,1-7H3/t30-/m0/s1. The summed E-state index contributed by atoms with van der Waals surface area (Å²) in [5.74, 6) is -0.562. The van der Waals surface area contributed by atoms with Crippen LogP contribution in [0.1, 0.15) is 75.5 Å². The maximum atomic E-state index is 14.4. The number of aromatic nitrogens is 2. The molecule has 3 heterocycles. The Bertz CT molecular complexity index is 1750. The summed E-state index contributed by atoms with van der Waals surface area (Å²) in [7, 11) is -2.26. The van der Waals surface area contributed by atoms with Crippen LogP contribution in [0.5, 0.6) is 11.5 Å². The summed E-state index contributed by atoms with van der Waals surface area (Å²) in [6.45, 7) is 15.7. The molecule has 5 rings (SSSR count). The van der Waals surface area contributed by atoms with E-state index in [2.05, 4.69) is 41.5 Å². The summed E-state index contributed by atoms with van der Waals surface area (Å²) < 4.78 is 40.6. The lowest BCUT2D eigenvalue weighted by Crippen LogP contribution is -2.50. The first-order valence-corrected chi connectivity index (χ1v) is 18.6. The smallest absolute Gasteiger partial charge is 0.347 e. The molecule has 0 spiro atoms. The van der Waals surface area contributed by atoms with Crippen LogP contribution in [-0.4, -0.2) is 43.2 Å². The summed E-state index contributed by atoms with van der Waals surface area (Å²) >= 11 is 0. The maximum Gasteiger partial charge on any atom is 0.347 e. The van der Waals surface area contributed by atoms with E-state index in [-0.39, 0.29) is 43.5 Å². The number of benzene rings is 2. The number of nitrogens with zero attached hydrogens (tertiary/aromatic N) is 2. The largest absolute Gasteiger partial charge is 0.485 e. The fraction of sp³-hybridized carbons (Fsp3) is 0.432. The van der Waals surface area contributed by atoms with Crippen molar-refractivity contribution in [3.05, 3.63) is 99.2 Å². The number of hydrogen-bond donors (Lipinski definition) is 0. The number of rotatable bonds is 13. The van der Waals surface area contributed by atoms with Gasteiger partial charge in [-0.05, 0) is 46.8 Å². The van der Waals surface area contributed by atoms with Crippen molar-refractivity contribution in [1.82, 2.24) is 9.55 Å². The topological polar surface area (TPSA) is 88.9 Å². The SMILES string of the molecule is CCOC(=O)c1c(OCc2ccccc2)c2ncc(Cc3ccc(F)cc3)c3c2n(c1=O)C[C@@H](CO[Si](C(C)C)(C(C)C)C(C)C)O3. The Morgan fingerprint density at radius 3 is 2.28 bits per heavy atom. The molecule has 2 aromatic carbocycles. The van der Waals surface area contributed by atoms with Crippen LogP contribution in [0.3, 0.4) is 0 Å². The average molecular weight is 661 g/mol. The van der Waals surface area contributed by atoms with Crippen molar-refractivity contribution < 1.29 is 27.8 Å². The second-order valence-corrected chi connectivity index (χ2v) is 18.6. The lowest BCUT2D eigenvalue weighted by Gasteiger charge is -2.43. The lowest BCUT2D eigenvalue weighted by atomic mass is 10.0. The van der Waals surface area contributed by atoms with Crippen LogP contribution in [0.2, 0.25) is 16.6 Å². The highest BCUT2D eigenvalue weighted by Crippen LogP contribution is 2.43. The van der Waals surface area contributed by atoms with E-state index >= 15 is 0 Å². The Kier molecular flexibility index (Phi) is 10.5. The number of ether oxygens (including phenoxy) is 3. The summed E-state index contributed by atoms with van der Waals surface area (Å²) in [5.41, 5.74) is 3.58. The Morgan fingerprint density at radius 2 is 1.66 bits per heavy atom. The van der Waals surface area contributed by atoms with Crippen LogP contribution in [0.4, 0.5) is 4.39 Å². The lowest BCUT2D eigenvalue weighted by molar-refractivity contribution is 0.0516. The summed E-state index contributed by atoms with van der Waals surface area (Å²) in [5, 5.41) is 0. The highest BCUT2D eigenvalue weighted by Gasteiger charge is 2.46. The molecule has 0 amide bonds. The zero-order valence-corrected chi connectivity index (χ0v) is 29.3. The highest BCUT2D eigenvalue weighted by molar-refractivity contribution is 6.77. The van der Waals surface area contributed by atoms with Crippen molar-refractivity contribution in [2.75, 3.05) is 13.2 Å². The van der Waals surface area contributed by atoms with E-state index in [9.17, 15) is 14.0 Å². The van der Waals surface area contributed by atoms with Gasteiger partial charge in [-0.15, -0.1) is 0 Å². The van der Waals surface area contributed by atoms with Crippen molar-refractivity contribution in [3.63, 3.8) is 0 Å². The van der Waals surface area contributed by atoms with E-state index in [0.717, 1.165) is 16.7 Å². The van der Waals surface area contributed by atoms with E-state index in [1.165, 1.54) is 12.1 Å². The minimum Gasteiger partial charge on any atom is -0.485 e. The molecule has 1 atom stereocenters. The van der Waals surface area contributed by atoms with Crippen molar-refractivity contribution in [3.8, 4) is 11.5 Å². The predicted octanol–water partition coefficient (Wildman–Crippen LogP) is 7.84. The minimum absolute atomic E-state index is 0.0577. The first-order valence-electron chi connectivity index (χ1n) is 16.4. The number of carbonyl (C=O) groups is 1. The molecule has 0 radical (unpaired) electrons. The van der Waals surface area contributed by atoms with E-state index in [0.29, 0.717) is 39.8 Å². The molecule has 0 unspecified atom stereocenters. The molecule has 1 aliphatic heterocycles. The molecule has 47 heavy (non-hydrogen) atoms. The van der Waals surface area contributed by atoms with Gasteiger partial charge in [0, 0.05) is 18.2 Å². The summed E-state index contributed by atoms with van der Waals surface area (Å²) in [6.07, 6.45) is 1.56. The van der Waals surface area contributed by atoms with Gasteiger partial charge in [-0.25, -0.2) is 9.18 Å². The molecule has 0 fully saturated rings. The normalized spacial score (nSPS) is 14.6. The Balaban J connectivity index is 1.65. The number of pyridine rings is 2. The number of hydrogen-bond acceptors (Lipinski definition) is 7. The monoisotopic (exact) mass is 660 g/mol. The van der Waals surface area contributed by atoms with Gasteiger partial charge in [-0.3, -0.25) is 14.3 Å². The Labute approximate surface area is 277 Å². The van der Waals surface area contributed by atoms with Crippen molar-refractivity contribution in [2.45, 2.75) is 90.8 Å². The van der Waals surface area contributed by atoms with Crippen molar-refractivity contribution in [2.24, 2.45) is 0 Å². The average Bonchev–Trinajstić information content (AvgIpc) is 3.04. The van der Waals surface area contributed by atoms with E-state index in [1.807, 2.05) is 30.3 Å². The molecule has 0 saturated carbocycles. The van der Waals surface area contributed by atoms with E-state index in [4.69, 9.17) is 23.6 Å². The van der Waals surface area contributed by atoms with E-state index < -0.39 is 25.9 Å². The first kappa shape index (κ1) is 34.3.